The van der Waals surface area contributed by atoms with E-state index in [-0.39, 0.29) is 0 Å². The van der Waals surface area contributed by atoms with Gasteiger partial charge in [0.25, 0.3) is 0 Å². The SMILES string of the molecule is CC(C)Nc1nc2c(s1)Cc1ccccc1-2. The number of rotatable bonds is 2. The van der Waals surface area contributed by atoms with E-state index in [1.54, 1.807) is 11.3 Å². The fourth-order valence-corrected chi connectivity index (χ4v) is 3.21. The van der Waals surface area contributed by atoms with E-state index in [9.17, 15) is 0 Å². The molecule has 0 fully saturated rings. The van der Waals surface area contributed by atoms with Gasteiger partial charge in [0.15, 0.2) is 5.13 Å². The average Bonchev–Trinajstić information content (AvgIpc) is 2.73. The second-order valence-electron chi connectivity index (χ2n) is 4.42. The van der Waals surface area contributed by atoms with Gasteiger partial charge in [-0.25, -0.2) is 4.98 Å². The Labute approximate surface area is 99.4 Å². The van der Waals surface area contributed by atoms with E-state index < -0.39 is 0 Å². The van der Waals surface area contributed by atoms with Crippen LogP contribution >= 0.6 is 11.3 Å². The molecule has 0 radical (unpaired) electrons. The first-order valence-corrected chi connectivity index (χ1v) is 6.40. The number of thiazole rings is 1. The summed E-state index contributed by atoms with van der Waals surface area (Å²) in [5.41, 5.74) is 3.90. The normalized spacial score (nSPS) is 12.7. The van der Waals surface area contributed by atoms with Crippen LogP contribution in [0.2, 0.25) is 0 Å². The van der Waals surface area contributed by atoms with Crippen molar-refractivity contribution >= 4 is 16.5 Å². The maximum Gasteiger partial charge on any atom is 0.183 e. The lowest BCUT2D eigenvalue weighted by atomic mass is 10.1. The average molecular weight is 230 g/mol. The van der Waals surface area contributed by atoms with Crippen molar-refractivity contribution in [2.75, 3.05) is 5.32 Å². The summed E-state index contributed by atoms with van der Waals surface area (Å²) in [5.74, 6) is 0. The molecule has 1 aliphatic carbocycles. The molecule has 1 heterocycles. The van der Waals surface area contributed by atoms with Crippen molar-refractivity contribution in [1.29, 1.82) is 0 Å². The van der Waals surface area contributed by atoms with E-state index in [0.29, 0.717) is 6.04 Å². The summed E-state index contributed by atoms with van der Waals surface area (Å²) in [6, 6.07) is 8.99. The molecule has 0 aliphatic heterocycles. The molecule has 82 valence electrons. The van der Waals surface area contributed by atoms with Gasteiger partial charge in [0, 0.05) is 22.9 Å². The van der Waals surface area contributed by atoms with Crippen LogP contribution in [0.5, 0.6) is 0 Å². The van der Waals surface area contributed by atoms with Gasteiger partial charge in [0.1, 0.15) is 0 Å². The van der Waals surface area contributed by atoms with Gasteiger partial charge in [-0.3, -0.25) is 0 Å². The van der Waals surface area contributed by atoms with Crippen LogP contribution in [0, 0.1) is 0 Å². The van der Waals surface area contributed by atoms with E-state index in [4.69, 9.17) is 0 Å². The van der Waals surface area contributed by atoms with Gasteiger partial charge in [-0.1, -0.05) is 24.3 Å². The lowest BCUT2D eigenvalue weighted by molar-refractivity contribution is 0.897. The standard InChI is InChI=1S/C13H14N2S/c1-8(2)14-13-15-12-10-6-4-3-5-9(10)7-11(12)16-13/h3-6,8H,7H2,1-2H3,(H,14,15). The highest BCUT2D eigenvalue weighted by atomic mass is 32.1. The minimum Gasteiger partial charge on any atom is -0.359 e. The molecule has 1 aliphatic rings. The van der Waals surface area contributed by atoms with E-state index in [1.807, 2.05) is 0 Å². The Morgan fingerprint density at radius 1 is 1.31 bits per heavy atom. The molecule has 2 nitrogen and oxygen atoms in total. The topological polar surface area (TPSA) is 24.9 Å². The summed E-state index contributed by atoms with van der Waals surface area (Å²) in [6.45, 7) is 4.28. The largest absolute Gasteiger partial charge is 0.359 e. The lowest BCUT2D eigenvalue weighted by Gasteiger charge is -2.05. The fourth-order valence-electron chi connectivity index (χ4n) is 2.07. The Morgan fingerprint density at radius 3 is 2.94 bits per heavy atom. The van der Waals surface area contributed by atoms with Crippen molar-refractivity contribution in [3.05, 3.63) is 34.7 Å². The summed E-state index contributed by atoms with van der Waals surface area (Å²) < 4.78 is 0. The number of aromatic nitrogens is 1. The number of benzene rings is 1. The first kappa shape index (κ1) is 9.85. The predicted molar refractivity (Wildman–Crippen MR) is 69.1 cm³/mol. The van der Waals surface area contributed by atoms with Crippen LogP contribution in [0.25, 0.3) is 11.3 Å². The molecule has 0 saturated carbocycles. The monoisotopic (exact) mass is 230 g/mol. The molecule has 3 rings (SSSR count). The fraction of sp³-hybridized carbons (Fsp3) is 0.308. The molecular formula is C13H14N2S. The van der Waals surface area contributed by atoms with Gasteiger partial charge in [0.05, 0.1) is 5.69 Å². The highest BCUT2D eigenvalue weighted by Crippen LogP contribution is 2.40. The van der Waals surface area contributed by atoms with Gasteiger partial charge in [-0.2, -0.15) is 0 Å². The van der Waals surface area contributed by atoms with E-state index in [2.05, 4.69) is 48.4 Å². The Balaban J connectivity index is 2.01. The van der Waals surface area contributed by atoms with E-state index >= 15 is 0 Å². The Hall–Kier alpha value is -1.35. The molecule has 0 atom stereocenters. The quantitative estimate of drug-likeness (QED) is 0.728. The molecule has 3 heteroatoms. The second-order valence-corrected chi connectivity index (χ2v) is 5.51. The van der Waals surface area contributed by atoms with Crippen LogP contribution in [0.4, 0.5) is 5.13 Å². The molecule has 16 heavy (non-hydrogen) atoms. The summed E-state index contributed by atoms with van der Waals surface area (Å²) in [5, 5.41) is 4.42. The first-order chi connectivity index (χ1) is 7.74. The molecule has 1 aromatic carbocycles. The van der Waals surface area contributed by atoms with Gasteiger partial charge < -0.3 is 5.32 Å². The first-order valence-electron chi connectivity index (χ1n) is 5.58. The van der Waals surface area contributed by atoms with Crippen molar-refractivity contribution in [1.82, 2.24) is 4.98 Å². The highest BCUT2D eigenvalue weighted by molar-refractivity contribution is 7.16. The maximum atomic E-state index is 4.68. The molecular weight excluding hydrogens is 216 g/mol. The lowest BCUT2D eigenvalue weighted by Crippen LogP contribution is -2.09. The van der Waals surface area contributed by atoms with Gasteiger partial charge in [0.2, 0.25) is 0 Å². The minimum absolute atomic E-state index is 0.446. The van der Waals surface area contributed by atoms with Crippen LogP contribution in [0.1, 0.15) is 24.3 Å². The zero-order chi connectivity index (χ0) is 11.1. The summed E-state index contributed by atoms with van der Waals surface area (Å²) in [4.78, 5) is 6.07. The summed E-state index contributed by atoms with van der Waals surface area (Å²) in [7, 11) is 0. The van der Waals surface area contributed by atoms with Crippen molar-refractivity contribution < 1.29 is 0 Å². The van der Waals surface area contributed by atoms with Crippen molar-refractivity contribution in [2.45, 2.75) is 26.3 Å². The molecule has 0 unspecified atom stereocenters. The summed E-state index contributed by atoms with van der Waals surface area (Å²) in [6.07, 6.45) is 1.04. The number of nitrogens with one attached hydrogen (secondary N) is 1. The molecule has 2 aromatic rings. The number of nitrogens with zero attached hydrogens (tertiary/aromatic N) is 1. The number of hydrogen-bond acceptors (Lipinski definition) is 3. The Morgan fingerprint density at radius 2 is 2.12 bits per heavy atom. The molecule has 1 N–H and O–H groups in total. The third kappa shape index (κ3) is 1.52. The summed E-state index contributed by atoms with van der Waals surface area (Å²) >= 11 is 1.78. The minimum atomic E-state index is 0.446. The van der Waals surface area contributed by atoms with Gasteiger partial charge >= 0.3 is 0 Å². The van der Waals surface area contributed by atoms with Gasteiger partial charge in [-0.05, 0) is 19.4 Å². The molecule has 0 bridgehead atoms. The van der Waals surface area contributed by atoms with Crippen molar-refractivity contribution in [3.63, 3.8) is 0 Å². The van der Waals surface area contributed by atoms with E-state index in [1.165, 1.54) is 21.7 Å². The van der Waals surface area contributed by atoms with E-state index in [0.717, 1.165) is 11.6 Å². The van der Waals surface area contributed by atoms with Gasteiger partial charge in [-0.15, -0.1) is 11.3 Å². The zero-order valence-electron chi connectivity index (χ0n) is 9.45. The van der Waals surface area contributed by atoms with Crippen LogP contribution in [-0.4, -0.2) is 11.0 Å². The highest BCUT2D eigenvalue weighted by Gasteiger charge is 2.22. The van der Waals surface area contributed by atoms with Crippen LogP contribution < -0.4 is 5.32 Å². The Kier molecular flexibility index (Phi) is 2.21. The molecule has 1 aromatic heterocycles. The molecule has 0 amide bonds. The number of anilines is 1. The third-order valence-electron chi connectivity index (χ3n) is 2.73. The van der Waals surface area contributed by atoms with Crippen molar-refractivity contribution in [2.24, 2.45) is 0 Å². The molecule has 0 saturated heterocycles. The van der Waals surface area contributed by atoms with Crippen LogP contribution in [0.15, 0.2) is 24.3 Å². The number of hydrogen-bond donors (Lipinski definition) is 1. The predicted octanol–water partition coefficient (Wildman–Crippen LogP) is 3.53. The van der Waals surface area contributed by atoms with Crippen molar-refractivity contribution in [3.8, 4) is 11.3 Å². The second kappa shape index (κ2) is 3.59. The zero-order valence-corrected chi connectivity index (χ0v) is 10.3. The van der Waals surface area contributed by atoms with Crippen LogP contribution in [0.3, 0.4) is 0 Å². The van der Waals surface area contributed by atoms with Crippen LogP contribution in [-0.2, 0) is 6.42 Å². The maximum absolute atomic E-state index is 4.68. The molecule has 0 spiro atoms. The number of fused-ring (bicyclic) bond motifs is 3. The Bertz CT molecular complexity index is 528. The smallest absolute Gasteiger partial charge is 0.183 e. The third-order valence-corrected chi connectivity index (χ3v) is 3.72.